The highest BCUT2D eigenvalue weighted by Gasteiger charge is 2.29. The number of hydrogen-bond acceptors (Lipinski definition) is 4. The highest BCUT2D eigenvalue weighted by atomic mass is 16.5. The van der Waals surface area contributed by atoms with Crippen LogP contribution in [0.25, 0.3) is 0 Å². The normalized spacial score (nSPS) is 17.1. The number of carbonyl (C=O) groups is 2. The summed E-state index contributed by atoms with van der Waals surface area (Å²) in [5.41, 5.74) is 1.65. The van der Waals surface area contributed by atoms with Crippen LogP contribution in [0.2, 0.25) is 0 Å². The molecule has 0 radical (unpaired) electrons. The summed E-state index contributed by atoms with van der Waals surface area (Å²) in [6.45, 7) is 10.6. The van der Waals surface area contributed by atoms with Gasteiger partial charge in [0.15, 0.2) is 0 Å². The molecule has 6 nitrogen and oxygen atoms in total. The van der Waals surface area contributed by atoms with Crippen molar-refractivity contribution in [2.24, 2.45) is 5.92 Å². The topological polar surface area (TPSA) is 79.5 Å². The van der Waals surface area contributed by atoms with E-state index >= 15 is 0 Å². The van der Waals surface area contributed by atoms with E-state index in [4.69, 9.17) is 4.74 Å². The standard InChI is InChI=1S/C32H45N3O3/c1-23(2)20-28(33-26-14-10-7-11-15-26)30(36)34-29(31(37)35-32(3,4)5)21-24-16-18-27(19-17-24)38-22-25-12-8-6-9-13-25/h6,8-10,12-14,16-19,23,26,28-29,33H,7,11,15,20-22H2,1-5H3,(H,34,36)(H,35,37). The maximum Gasteiger partial charge on any atom is 0.243 e. The molecule has 0 saturated heterocycles. The highest BCUT2D eigenvalue weighted by Crippen LogP contribution is 2.17. The lowest BCUT2D eigenvalue weighted by atomic mass is 9.97. The molecular formula is C32H45N3O3. The Bertz CT molecular complexity index is 1040. The van der Waals surface area contributed by atoms with Crippen LogP contribution in [0.4, 0.5) is 0 Å². The summed E-state index contributed by atoms with van der Waals surface area (Å²) in [5, 5.41) is 9.65. The Balaban J connectivity index is 1.69. The van der Waals surface area contributed by atoms with Gasteiger partial charge in [-0.15, -0.1) is 0 Å². The lowest BCUT2D eigenvalue weighted by Crippen LogP contribution is -2.57. The van der Waals surface area contributed by atoms with Crippen LogP contribution in [0.3, 0.4) is 0 Å². The quantitative estimate of drug-likeness (QED) is 0.332. The molecule has 2 aromatic carbocycles. The molecule has 6 heteroatoms. The molecule has 38 heavy (non-hydrogen) atoms. The molecule has 0 fully saturated rings. The number of hydrogen-bond donors (Lipinski definition) is 3. The SMILES string of the molecule is CC(C)CC(NC1C=CCCC1)C(=O)NC(Cc1ccc(OCc2ccccc2)cc1)C(=O)NC(C)(C)C. The third-order valence-corrected chi connectivity index (χ3v) is 6.44. The molecule has 3 N–H and O–H groups in total. The van der Waals surface area contributed by atoms with Gasteiger partial charge in [0.2, 0.25) is 11.8 Å². The first-order chi connectivity index (χ1) is 18.1. The van der Waals surface area contributed by atoms with Crippen molar-refractivity contribution in [3.8, 4) is 5.75 Å². The molecule has 0 spiro atoms. The molecule has 0 saturated carbocycles. The largest absolute Gasteiger partial charge is 0.489 e. The van der Waals surface area contributed by atoms with Crippen molar-refractivity contribution in [3.05, 3.63) is 77.9 Å². The first-order valence-electron chi connectivity index (χ1n) is 13.9. The van der Waals surface area contributed by atoms with Crippen LogP contribution in [-0.4, -0.2) is 35.5 Å². The summed E-state index contributed by atoms with van der Waals surface area (Å²) in [4.78, 5) is 26.8. The Morgan fingerprint density at radius 1 is 0.947 bits per heavy atom. The van der Waals surface area contributed by atoms with Crippen LogP contribution in [0.1, 0.15) is 71.4 Å². The summed E-state index contributed by atoms with van der Waals surface area (Å²) in [5.74, 6) is 0.792. The van der Waals surface area contributed by atoms with Gasteiger partial charge in [0.05, 0.1) is 6.04 Å². The summed E-state index contributed by atoms with van der Waals surface area (Å²) in [6, 6.07) is 16.9. The van der Waals surface area contributed by atoms with Crippen molar-refractivity contribution < 1.29 is 14.3 Å². The van der Waals surface area contributed by atoms with Gasteiger partial charge >= 0.3 is 0 Å². The minimum atomic E-state index is -0.684. The third kappa shape index (κ3) is 10.3. The Morgan fingerprint density at radius 3 is 2.26 bits per heavy atom. The van der Waals surface area contributed by atoms with E-state index in [2.05, 4.69) is 41.9 Å². The van der Waals surface area contributed by atoms with Gasteiger partial charge in [0, 0.05) is 18.0 Å². The predicted octanol–water partition coefficient (Wildman–Crippen LogP) is 5.32. The van der Waals surface area contributed by atoms with Crippen LogP contribution in [0.5, 0.6) is 5.75 Å². The van der Waals surface area contributed by atoms with Gasteiger partial charge in [-0.05, 0) is 75.6 Å². The molecule has 2 aromatic rings. The molecule has 3 atom stereocenters. The molecule has 0 heterocycles. The van der Waals surface area contributed by atoms with E-state index in [1.54, 1.807) is 0 Å². The van der Waals surface area contributed by atoms with Crippen LogP contribution in [0, 0.1) is 5.92 Å². The van der Waals surface area contributed by atoms with Crippen molar-refractivity contribution in [2.75, 3.05) is 0 Å². The first kappa shape index (κ1) is 29.4. The lowest BCUT2D eigenvalue weighted by Gasteiger charge is -2.29. The highest BCUT2D eigenvalue weighted by molar-refractivity contribution is 5.90. The summed E-state index contributed by atoms with van der Waals surface area (Å²) >= 11 is 0. The van der Waals surface area contributed by atoms with Crippen molar-refractivity contribution in [1.29, 1.82) is 0 Å². The molecule has 1 aliphatic rings. The molecular weight excluding hydrogens is 474 g/mol. The van der Waals surface area contributed by atoms with E-state index < -0.39 is 11.6 Å². The fourth-order valence-corrected chi connectivity index (χ4v) is 4.57. The molecule has 3 rings (SSSR count). The maximum atomic E-state index is 13.5. The maximum absolute atomic E-state index is 13.5. The van der Waals surface area contributed by atoms with Crippen LogP contribution in [0.15, 0.2) is 66.7 Å². The molecule has 1 aliphatic carbocycles. The summed E-state index contributed by atoms with van der Waals surface area (Å²) < 4.78 is 5.91. The van der Waals surface area contributed by atoms with Crippen molar-refractivity contribution in [1.82, 2.24) is 16.0 Å². The number of benzene rings is 2. The fourth-order valence-electron chi connectivity index (χ4n) is 4.57. The lowest BCUT2D eigenvalue weighted by molar-refractivity contribution is -0.131. The molecule has 0 bridgehead atoms. The second-order valence-corrected chi connectivity index (χ2v) is 11.7. The van der Waals surface area contributed by atoms with E-state index in [-0.39, 0.29) is 23.9 Å². The van der Waals surface area contributed by atoms with Gasteiger partial charge in [0.1, 0.15) is 18.4 Å². The van der Waals surface area contributed by atoms with Gasteiger partial charge in [-0.25, -0.2) is 0 Å². The minimum Gasteiger partial charge on any atom is -0.489 e. The number of amides is 2. The predicted molar refractivity (Wildman–Crippen MR) is 154 cm³/mol. The smallest absolute Gasteiger partial charge is 0.243 e. The third-order valence-electron chi connectivity index (χ3n) is 6.44. The van der Waals surface area contributed by atoms with Crippen molar-refractivity contribution in [3.63, 3.8) is 0 Å². The monoisotopic (exact) mass is 519 g/mol. The Labute approximate surface area is 228 Å². The molecule has 206 valence electrons. The van der Waals surface area contributed by atoms with Gasteiger partial charge in [-0.3, -0.25) is 14.9 Å². The number of allylic oxidation sites excluding steroid dienone is 1. The van der Waals surface area contributed by atoms with E-state index in [1.165, 1.54) is 0 Å². The molecule has 0 aliphatic heterocycles. The molecule has 3 unspecified atom stereocenters. The Morgan fingerprint density at radius 2 is 1.66 bits per heavy atom. The number of ether oxygens (including phenoxy) is 1. The van der Waals surface area contributed by atoms with Crippen LogP contribution in [-0.2, 0) is 22.6 Å². The van der Waals surface area contributed by atoms with Crippen LogP contribution < -0.4 is 20.7 Å². The van der Waals surface area contributed by atoms with E-state index in [9.17, 15) is 9.59 Å². The van der Waals surface area contributed by atoms with E-state index in [1.807, 2.05) is 75.4 Å². The number of nitrogens with one attached hydrogen (secondary N) is 3. The van der Waals surface area contributed by atoms with E-state index in [0.29, 0.717) is 25.4 Å². The zero-order valence-corrected chi connectivity index (χ0v) is 23.6. The van der Waals surface area contributed by atoms with Gasteiger partial charge < -0.3 is 15.4 Å². The zero-order valence-electron chi connectivity index (χ0n) is 23.6. The van der Waals surface area contributed by atoms with Gasteiger partial charge in [-0.2, -0.15) is 0 Å². The summed E-state index contributed by atoms with van der Waals surface area (Å²) in [6.07, 6.45) is 8.66. The Kier molecular flexibility index (Phi) is 11.0. The molecule has 2 amide bonds. The Hall–Kier alpha value is -3.12. The summed E-state index contributed by atoms with van der Waals surface area (Å²) in [7, 11) is 0. The minimum absolute atomic E-state index is 0.130. The molecule has 0 aromatic heterocycles. The van der Waals surface area contributed by atoms with Gasteiger partial charge in [-0.1, -0.05) is 68.5 Å². The van der Waals surface area contributed by atoms with Gasteiger partial charge in [0.25, 0.3) is 0 Å². The second-order valence-electron chi connectivity index (χ2n) is 11.7. The second kappa shape index (κ2) is 14.1. The van der Waals surface area contributed by atoms with Crippen molar-refractivity contribution in [2.45, 2.75) is 97.0 Å². The average Bonchev–Trinajstić information content (AvgIpc) is 2.87. The first-order valence-corrected chi connectivity index (χ1v) is 13.9. The van der Waals surface area contributed by atoms with E-state index in [0.717, 1.165) is 36.1 Å². The van der Waals surface area contributed by atoms with Crippen LogP contribution >= 0.6 is 0 Å². The number of rotatable bonds is 12. The van der Waals surface area contributed by atoms with Crippen molar-refractivity contribution >= 4 is 11.8 Å². The number of carbonyl (C=O) groups excluding carboxylic acids is 2. The average molecular weight is 520 g/mol. The zero-order chi connectivity index (χ0) is 27.5. The fraction of sp³-hybridized carbons (Fsp3) is 0.500.